The Hall–Kier alpha value is -2.77. The molecular formula is C30H30Cl4N4O2. The summed E-state index contributed by atoms with van der Waals surface area (Å²) in [6.45, 7) is 2.17. The molecule has 3 aromatic carbocycles. The highest BCUT2D eigenvalue weighted by atomic mass is 35.5. The van der Waals surface area contributed by atoms with Crippen molar-refractivity contribution in [3.05, 3.63) is 81.3 Å². The minimum absolute atomic E-state index is 0.164. The van der Waals surface area contributed by atoms with Gasteiger partial charge < -0.3 is 0 Å². The van der Waals surface area contributed by atoms with Crippen LogP contribution >= 0.6 is 46.4 Å². The summed E-state index contributed by atoms with van der Waals surface area (Å²) in [6, 6.07) is 17.6. The summed E-state index contributed by atoms with van der Waals surface area (Å²) < 4.78 is 0. The van der Waals surface area contributed by atoms with E-state index in [1.807, 2.05) is 30.3 Å². The van der Waals surface area contributed by atoms with Gasteiger partial charge in [0, 0.05) is 28.1 Å². The standard InChI is InChI=1S/C30H30Cl4N4O2/c1-2-3-4-5-9-15-26(34)37(21-11-7-6-8-12-21)30(40)22-13-10-14-25(36-38-27(39)16-17-35-38)28(22)29-23(32)18-20(31)19-24(29)33/h6-8,10-14,17-19,26,36H,2-5,9,15-16H2,1H3. The first-order valence-corrected chi connectivity index (χ1v) is 14.8. The first kappa shape index (κ1) is 30.2. The lowest BCUT2D eigenvalue weighted by Crippen LogP contribution is -2.38. The second-order valence-electron chi connectivity index (χ2n) is 9.44. The van der Waals surface area contributed by atoms with Crippen molar-refractivity contribution in [2.75, 3.05) is 10.3 Å². The Labute approximate surface area is 254 Å². The fourth-order valence-electron chi connectivity index (χ4n) is 4.60. The first-order chi connectivity index (χ1) is 19.3. The number of hydrogen-bond donors (Lipinski definition) is 1. The Morgan fingerprint density at radius 1 is 0.975 bits per heavy atom. The number of hydrazone groups is 1. The maximum Gasteiger partial charge on any atom is 0.267 e. The molecular weight excluding hydrogens is 590 g/mol. The van der Waals surface area contributed by atoms with Gasteiger partial charge in [0.05, 0.1) is 27.7 Å². The molecule has 1 atom stereocenters. The third-order valence-corrected chi connectivity index (χ3v) is 7.78. The number of hydrogen-bond acceptors (Lipinski definition) is 4. The molecule has 0 spiro atoms. The molecule has 6 nitrogen and oxygen atoms in total. The molecule has 0 bridgehead atoms. The smallest absolute Gasteiger partial charge is 0.267 e. The van der Waals surface area contributed by atoms with Crippen molar-refractivity contribution in [3.8, 4) is 11.1 Å². The molecule has 0 radical (unpaired) electrons. The number of nitrogens with one attached hydrogen (secondary N) is 1. The summed E-state index contributed by atoms with van der Waals surface area (Å²) >= 11 is 26.5. The summed E-state index contributed by atoms with van der Waals surface area (Å²) in [6.07, 6.45) is 7.67. The number of benzene rings is 3. The number of halogens is 4. The second kappa shape index (κ2) is 14.2. The van der Waals surface area contributed by atoms with Crippen molar-refractivity contribution >= 4 is 75.8 Å². The van der Waals surface area contributed by atoms with E-state index in [-0.39, 0.29) is 28.3 Å². The molecule has 1 unspecified atom stereocenters. The molecule has 0 saturated heterocycles. The van der Waals surface area contributed by atoms with E-state index < -0.39 is 5.50 Å². The van der Waals surface area contributed by atoms with Gasteiger partial charge in [-0.2, -0.15) is 5.10 Å². The second-order valence-corrected chi connectivity index (χ2v) is 11.2. The normalized spacial score (nSPS) is 13.5. The van der Waals surface area contributed by atoms with Crippen molar-refractivity contribution in [2.45, 2.75) is 57.4 Å². The fourth-order valence-corrected chi connectivity index (χ4v) is 5.96. The summed E-state index contributed by atoms with van der Waals surface area (Å²) in [5, 5.41) is 6.07. The predicted octanol–water partition coefficient (Wildman–Crippen LogP) is 9.43. The van der Waals surface area contributed by atoms with Crippen LogP contribution in [0.5, 0.6) is 0 Å². The van der Waals surface area contributed by atoms with Gasteiger partial charge in [-0.05, 0) is 42.8 Å². The SMILES string of the molecule is CCCCCCCC(Cl)N(C(=O)c1cccc(NN2N=CCC2=O)c1-c1c(Cl)cc(Cl)cc1Cl)c1ccccc1. The number of rotatable bonds is 12. The van der Waals surface area contributed by atoms with Crippen LogP contribution in [0.3, 0.4) is 0 Å². The van der Waals surface area contributed by atoms with Gasteiger partial charge in [0.2, 0.25) is 0 Å². The average Bonchev–Trinajstić information content (AvgIpc) is 3.33. The Bertz CT molecular complexity index is 1360. The third kappa shape index (κ3) is 7.10. The van der Waals surface area contributed by atoms with Gasteiger partial charge in [-0.1, -0.05) is 110 Å². The number of anilines is 2. The highest BCUT2D eigenvalue weighted by Gasteiger charge is 2.30. The Morgan fingerprint density at radius 2 is 1.68 bits per heavy atom. The number of para-hydroxylation sites is 1. The zero-order chi connectivity index (χ0) is 28.6. The van der Waals surface area contributed by atoms with Crippen LogP contribution in [0, 0.1) is 0 Å². The number of unbranched alkanes of at least 4 members (excludes halogenated alkanes) is 4. The molecule has 1 heterocycles. The molecule has 0 fully saturated rings. The number of hydrazine groups is 1. The number of alkyl halides is 1. The van der Waals surface area contributed by atoms with Crippen LogP contribution in [0.1, 0.15) is 62.2 Å². The van der Waals surface area contributed by atoms with E-state index in [2.05, 4.69) is 17.5 Å². The summed E-state index contributed by atoms with van der Waals surface area (Å²) in [4.78, 5) is 28.4. The van der Waals surface area contributed by atoms with Gasteiger partial charge in [0.1, 0.15) is 5.50 Å². The maximum atomic E-state index is 14.5. The van der Waals surface area contributed by atoms with Crippen LogP contribution in [-0.2, 0) is 4.79 Å². The summed E-state index contributed by atoms with van der Waals surface area (Å²) in [5.74, 6) is -0.581. The van der Waals surface area contributed by atoms with Gasteiger partial charge >= 0.3 is 0 Å². The molecule has 10 heteroatoms. The topological polar surface area (TPSA) is 65.0 Å². The van der Waals surface area contributed by atoms with Crippen molar-refractivity contribution in [3.63, 3.8) is 0 Å². The van der Waals surface area contributed by atoms with Crippen LogP contribution in [-0.4, -0.2) is 28.6 Å². The van der Waals surface area contributed by atoms with Crippen LogP contribution in [0.25, 0.3) is 11.1 Å². The molecule has 1 aliphatic rings. The molecule has 1 N–H and O–H groups in total. The molecule has 0 aromatic heterocycles. The van der Waals surface area contributed by atoms with Crippen molar-refractivity contribution < 1.29 is 9.59 Å². The number of nitrogens with zero attached hydrogens (tertiary/aromatic N) is 3. The van der Waals surface area contributed by atoms with Gasteiger partial charge in [0.15, 0.2) is 0 Å². The van der Waals surface area contributed by atoms with E-state index in [4.69, 9.17) is 46.4 Å². The number of carbonyl (C=O) groups is 2. The van der Waals surface area contributed by atoms with E-state index in [1.165, 1.54) is 12.6 Å². The summed E-state index contributed by atoms with van der Waals surface area (Å²) in [7, 11) is 0. The maximum absolute atomic E-state index is 14.5. The molecule has 1 aliphatic heterocycles. The molecule has 0 aliphatic carbocycles. The molecule has 4 rings (SSSR count). The van der Waals surface area contributed by atoms with Gasteiger partial charge in [-0.3, -0.25) is 19.9 Å². The third-order valence-electron chi connectivity index (χ3n) is 6.56. The molecule has 3 aromatic rings. The zero-order valence-electron chi connectivity index (χ0n) is 22.0. The van der Waals surface area contributed by atoms with Crippen molar-refractivity contribution in [1.29, 1.82) is 0 Å². The molecule has 210 valence electrons. The Kier molecular flexibility index (Phi) is 10.7. The number of amides is 2. The highest BCUT2D eigenvalue weighted by molar-refractivity contribution is 6.42. The van der Waals surface area contributed by atoms with Gasteiger partial charge in [0.25, 0.3) is 11.8 Å². The van der Waals surface area contributed by atoms with Crippen LogP contribution in [0.4, 0.5) is 11.4 Å². The van der Waals surface area contributed by atoms with Gasteiger partial charge in [-0.25, -0.2) is 0 Å². The van der Waals surface area contributed by atoms with Crippen LogP contribution in [0.2, 0.25) is 15.1 Å². The molecule has 40 heavy (non-hydrogen) atoms. The first-order valence-electron chi connectivity index (χ1n) is 13.2. The summed E-state index contributed by atoms with van der Waals surface area (Å²) in [5.41, 5.74) is 4.60. The van der Waals surface area contributed by atoms with Crippen molar-refractivity contribution in [1.82, 2.24) is 5.12 Å². The lowest BCUT2D eigenvalue weighted by molar-refractivity contribution is -0.127. The van der Waals surface area contributed by atoms with E-state index >= 15 is 0 Å². The largest absolute Gasteiger partial charge is 0.291 e. The van der Waals surface area contributed by atoms with E-state index in [0.717, 1.165) is 30.8 Å². The monoisotopic (exact) mass is 618 g/mol. The quantitative estimate of drug-likeness (QED) is 0.125. The number of carbonyl (C=O) groups excluding carboxylic acids is 2. The predicted molar refractivity (Wildman–Crippen MR) is 167 cm³/mol. The van der Waals surface area contributed by atoms with Gasteiger partial charge in [-0.15, -0.1) is 5.12 Å². The Morgan fingerprint density at radius 3 is 2.33 bits per heavy atom. The van der Waals surface area contributed by atoms with Crippen LogP contribution < -0.4 is 10.3 Å². The Balaban J connectivity index is 1.81. The lowest BCUT2D eigenvalue weighted by atomic mass is 9.96. The van der Waals surface area contributed by atoms with E-state index in [9.17, 15) is 9.59 Å². The molecule has 0 saturated carbocycles. The minimum Gasteiger partial charge on any atom is -0.291 e. The fraction of sp³-hybridized carbons (Fsp3) is 0.300. The zero-order valence-corrected chi connectivity index (χ0v) is 25.1. The van der Waals surface area contributed by atoms with Crippen LogP contribution in [0.15, 0.2) is 65.8 Å². The molecule has 2 amide bonds. The minimum atomic E-state index is -0.595. The van der Waals surface area contributed by atoms with E-state index in [1.54, 1.807) is 35.2 Å². The lowest BCUT2D eigenvalue weighted by Gasteiger charge is -2.30. The van der Waals surface area contributed by atoms with Crippen molar-refractivity contribution in [2.24, 2.45) is 5.10 Å². The highest BCUT2D eigenvalue weighted by Crippen LogP contribution is 2.43. The average molecular weight is 620 g/mol. The van der Waals surface area contributed by atoms with E-state index in [0.29, 0.717) is 39.5 Å².